The normalized spacial score (nSPS) is 20.8. The molecule has 0 N–H and O–H groups in total. The molecule has 2 aliphatic rings. The number of likely N-dealkylation sites (tertiary alicyclic amines) is 1. The van der Waals surface area contributed by atoms with Gasteiger partial charge in [-0.15, -0.1) is 10.2 Å². The number of anilines is 1. The first kappa shape index (κ1) is 18.9. The van der Waals surface area contributed by atoms with E-state index in [1.165, 1.54) is 21.5 Å². The van der Waals surface area contributed by atoms with Gasteiger partial charge in [0, 0.05) is 29.8 Å². The Morgan fingerprint density at radius 3 is 2.67 bits per heavy atom. The molecule has 0 bridgehead atoms. The molecule has 0 radical (unpaired) electrons. The molecule has 2 aliphatic heterocycles. The summed E-state index contributed by atoms with van der Waals surface area (Å²) in [6, 6.07) is 14.6. The molecule has 3 aromatic rings. The number of fused-ring (bicyclic) bond motifs is 3. The number of nitrogens with zero attached hydrogens (tertiary/aromatic N) is 6. The Morgan fingerprint density at radius 1 is 1.10 bits per heavy atom. The van der Waals surface area contributed by atoms with E-state index in [1.807, 2.05) is 36.1 Å². The van der Waals surface area contributed by atoms with Gasteiger partial charge < -0.3 is 9.80 Å². The maximum atomic E-state index is 13.4. The summed E-state index contributed by atoms with van der Waals surface area (Å²) in [7, 11) is 2.15. The molecule has 1 amide bonds. The lowest BCUT2D eigenvalue weighted by atomic mass is 9.89. The standard InChI is InChI=1S/C23H26N6O/c1-15-4-7-17(8-5-15)23-24-26-28(25-23)14-22(30)29-20-9-6-16(2)12-18(20)19-13-27(3)11-10-21(19)29/h4-9,12,19,21H,10-11,13-14H2,1-3H3/t19-,21-/m1/s1. The number of carbonyl (C=O) groups excluding carboxylic acids is 1. The van der Waals surface area contributed by atoms with Gasteiger partial charge in [0.2, 0.25) is 5.82 Å². The van der Waals surface area contributed by atoms with Gasteiger partial charge in [-0.25, -0.2) is 0 Å². The summed E-state index contributed by atoms with van der Waals surface area (Å²) in [4.78, 5) is 19.1. The molecule has 7 nitrogen and oxygen atoms in total. The van der Waals surface area contributed by atoms with Crippen LogP contribution in [0.4, 0.5) is 5.69 Å². The summed E-state index contributed by atoms with van der Waals surface area (Å²) in [5.74, 6) is 0.914. The molecule has 2 aromatic carbocycles. The smallest absolute Gasteiger partial charge is 0.250 e. The molecule has 5 rings (SSSR count). The summed E-state index contributed by atoms with van der Waals surface area (Å²) >= 11 is 0. The van der Waals surface area contributed by atoms with Gasteiger partial charge in [-0.2, -0.15) is 4.80 Å². The van der Waals surface area contributed by atoms with E-state index in [1.54, 1.807) is 0 Å². The number of amides is 1. The van der Waals surface area contributed by atoms with Crippen LogP contribution in [0, 0.1) is 13.8 Å². The SMILES string of the molecule is Cc1ccc(-c2nnn(CC(=O)N3c4ccc(C)cc4[C@H]4CN(C)CC[C@H]43)n2)cc1. The van der Waals surface area contributed by atoms with E-state index in [4.69, 9.17) is 0 Å². The van der Waals surface area contributed by atoms with Gasteiger partial charge in [0.05, 0.1) is 0 Å². The van der Waals surface area contributed by atoms with E-state index in [9.17, 15) is 4.79 Å². The van der Waals surface area contributed by atoms with Crippen LogP contribution in [0.3, 0.4) is 0 Å². The van der Waals surface area contributed by atoms with Crippen molar-refractivity contribution in [3.63, 3.8) is 0 Å². The molecule has 30 heavy (non-hydrogen) atoms. The fourth-order valence-electron chi connectivity index (χ4n) is 4.73. The molecular weight excluding hydrogens is 376 g/mol. The largest absolute Gasteiger partial charge is 0.307 e. The first-order valence-corrected chi connectivity index (χ1v) is 10.5. The van der Waals surface area contributed by atoms with Gasteiger partial charge in [0.15, 0.2) is 0 Å². The third-order valence-electron chi connectivity index (χ3n) is 6.26. The van der Waals surface area contributed by atoms with Crippen LogP contribution < -0.4 is 4.90 Å². The van der Waals surface area contributed by atoms with Crippen LogP contribution in [-0.4, -0.2) is 57.2 Å². The number of tetrazole rings is 1. The van der Waals surface area contributed by atoms with Gasteiger partial charge >= 0.3 is 0 Å². The summed E-state index contributed by atoms with van der Waals surface area (Å²) in [6.07, 6.45) is 0.972. The average molecular weight is 403 g/mol. The van der Waals surface area contributed by atoms with E-state index in [-0.39, 0.29) is 18.5 Å². The highest BCUT2D eigenvalue weighted by molar-refractivity contribution is 5.96. The van der Waals surface area contributed by atoms with E-state index >= 15 is 0 Å². The third kappa shape index (κ3) is 3.29. The summed E-state index contributed by atoms with van der Waals surface area (Å²) < 4.78 is 0. The van der Waals surface area contributed by atoms with Crippen LogP contribution in [0.15, 0.2) is 42.5 Å². The van der Waals surface area contributed by atoms with E-state index in [0.29, 0.717) is 11.7 Å². The van der Waals surface area contributed by atoms with Gasteiger partial charge in [-0.1, -0.05) is 47.5 Å². The lowest BCUT2D eigenvalue weighted by molar-refractivity contribution is -0.120. The van der Waals surface area contributed by atoms with E-state index in [2.05, 4.69) is 52.5 Å². The van der Waals surface area contributed by atoms with Gasteiger partial charge in [0.25, 0.3) is 5.91 Å². The van der Waals surface area contributed by atoms with Crippen LogP contribution in [0.25, 0.3) is 11.4 Å². The van der Waals surface area contributed by atoms with Crippen LogP contribution in [0.1, 0.15) is 29.0 Å². The number of hydrogen-bond donors (Lipinski definition) is 0. The predicted octanol–water partition coefficient (Wildman–Crippen LogP) is 2.79. The van der Waals surface area contributed by atoms with Crippen molar-refractivity contribution in [2.75, 3.05) is 25.0 Å². The second-order valence-corrected chi connectivity index (χ2v) is 8.56. The van der Waals surface area contributed by atoms with Gasteiger partial charge in [-0.3, -0.25) is 4.79 Å². The molecule has 3 heterocycles. The topological polar surface area (TPSA) is 67.2 Å². The van der Waals surface area contributed by atoms with E-state index in [0.717, 1.165) is 30.8 Å². The van der Waals surface area contributed by atoms with Crippen molar-refractivity contribution in [2.45, 2.75) is 38.8 Å². The monoisotopic (exact) mass is 402 g/mol. The molecule has 0 spiro atoms. The molecule has 1 saturated heterocycles. The molecule has 1 aromatic heterocycles. The molecule has 154 valence electrons. The van der Waals surface area contributed by atoms with Crippen LogP contribution in [0.2, 0.25) is 0 Å². The maximum Gasteiger partial charge on any atom is 0.250 e. The minimum absolute atomic E-state index is 0.0185. The van der Waals surface area contributed by atoms with Crippen molar-refractivity contribution in [1.29, 1.82) is 0 Å². The Balaban J connectivity index is 1.40. The Labute approximate surface area is 176 Å². The van der Waals surface area contributed by atoms with Crippen molar-refractivity contribution in [3.05, 3.63) is 59.2 Å². The van der Waals surface area contributed by atoms with Crippen LogP contribution >= 0.6 is 0 Å². The average Bonchev–Trinajstić information content (AvgIpc) is 3.31. The molecule has 1 fully saturated rings. The van der Waals surface area contributed by atoms with Gasteiger partial charge in [-0.05, 0) is 50.7 Å². The molecule has 0 unspecified atom stereocenters. The molecule has 2 atom stereocenters. The highest BCUT2D eigenvalue weighted by Crippen LogP contribution is 2.45. The third-order valence-corrected chi connectivity index (χ3v) is 6.26. The first-order chi connectivity index (χ1) is 14.5. The number of hydrogen-bond acceptors (Lipinski definition) is 5. The molecule has 0 saturated carbocycles. The van der Waals surface area contributed by atoms with Gasteiger partial charge in [0.1, 0.15) is 6.54 Å². The molecular formula is C23H26N6O. The minimum Gasteiger partial charge on any atom is -0.307 e. The number of aromatic nitrogens is 4. The van der Waals surface area contributed by atoms with Crippen molar-refractivity contribution < 1.29 is 4.79 Å². The van der Waals surface area contributed by atoms with Crippen molar-refractivity contribution in [1.82, 2.24) is 25.1 Å². The minimum atomic E-state index is 0.0185. The highest BCUT2D eigenvalue weighted by atomic mass is 16.2. The quantitative estimate of drug-likeness (QED) is 0.674. The van der Waals surface area contributed by atoms with Crippen LogP contribution in [0.5, 0.6) is 0 Å². The van der Waals surface area contributed by atoms with Crippen molar-refractivity contribution in [3.8, 4) is 11.4 Å². The maximum absolute atomic E-state index is 13.4. The number of likely N-dealkylation sites (N-methyl/N-ethyl adjacent to an activating group) is 1. The fraction of sp³-hybridized carbons (Fsp3) is 0.391. The first-order valence-electron chi connectivity index (χ1n) is 10.5. The summed E-state index contributed by atoms with van der Waals surface area (Å²) in [6.45, 7) is 6.21. The predicted molar refractivity (Wildman–Crippen MR) is 115 cm³/mol. The fourth-order valence-corrected chi connectivity index (χ4v) is 4.73. The second kappa shape index (κ2) is 7.32. The number of benzene rings is 2. The summed E-state index contributed by atoms with van der Waals surface area (Å²) in [5.41, 5.74) is 5.63. The molecule has 7 heteroatoms. The Morgan fingerprint density at radius 2 is 1.87 bits per heavy atom. The number of piperidine rings is 1. The number of carbonyl (C=O) groups is 1. The Bertz CT molecular complexity index is 1090. The van der Waals surface area contributed by atoms with Crippen LogP contribution in [-0.2, 0) is 11.3 Å². The second-order valence-electron chi connectivity index (χ2n) is 8.56. The van der Waals surface area contributed by atoms with E-state index < -0.39 is 0 Å². The van der Waals surface area contributed by atoms with Crippen molar-refractivity contribution in [2.24, 2.45) is 0 Å². The highest BCUT2D eigenvalue weighted by Gasteiger charge is 2.43. The zero-order valence-electron chi connectivity index (χ0n) is 17.6. The molecule has 0 aliphatic carbocycles. The Kier molecular flexibility index (Phi) is 4.62. The lowest BCUT2D eigenvalue weighted by Crippen LogP contribution is -2.48. The zero-order valence-corrected chi connectivity index (χ0v) is 17.6. The lowest BCUT2D eigenvalue weighted by Gasteiger charge is -2.36. The number of rotatable bonds is 3. The zero-order chi connectivity index (χ0) is 20.8. The van der Waals surface area contributed by atoms with Crippen molar-refractivity contribution >= 4 is 11.6 Å². The number of aryl methyl sites for hydroxylation is 2. The Hall–Kier alpha value is -3.06. The summed E-state index contributed by atoms with van der Waals surface area (Å²) in [5, 5.41) is 12.7.